The molecule has 1 unspecified atom stereocenters. The van der Waals surface area contributed by atoms with Crippen LogP contribution in [0.15, 0.2) is 49.1 Å². The minimum atomic E-state index is -5.08. The van der Waals surface area contributed by atoms with Gasteiger partial charge < -0.3 is 19.8 Å². The van der Waals surface area contributed by atoms with Crippen LogP contribution in [0.25, 0.3) is 0 Å². The Hall–Kier alpha value is -3.46. The summed E-state index contributed by atoms with van der Waals surface area (Å²) in [6, 6.07) is 8.36. The van der Waals surface area contributed by atoms with Crippen molar-refractivity contribution in [1.29, 1.82) is 0 Å². The minimum absolute atomic E-state index is 0.201. The van der Waals surface area contributed by atoms with Crippen LogP contribution in [0.5, 0.6) is 0 Å². The third-order valence-corrected chi connectivity index (χ3v) is 5.81. The summed E-state index contributed by atoms with van der Waals surface area (Å²) in [5, 5.41) is 14.2. The largest absolute Gasteiger partial charge is 0.490 e. The molecule has 0 bridgehead atoms. The Labute approximate surface area is 220 Å². The molecule has 2 aliphatic rings. The van der Waals surface area contributed by atoms with Gasteiger partial charge in [-0.15, -0.1) is 0 Å². The lowest BCUT2D eigenvalue weighted by Crippen LogP contribution is -2.50. The number of hydrogen-bond acceptors (Lipinski definition) is 7. The van der Waals surface area contributed by atoms with Crippen molar-refractivity contribution in [1.82, 2.24) is 14.9 Å². The maximum absolute atomic E-state index is 10.6. The number of hydrogen-bond donors (Lipinski definition) is 2. The van der Waals surface area contributed by atoms with Crippen LogP contribution in [0, 0.1) is 5.41 Å². The fourth-order valence-electron chi connectivity index (χ4n) is 4.20. The number of nitrogens with zero attached hydrogens (tertiary/aromatic N) is 4. The van der Waals surface area contributed by atoms with E-state index in [9.17, 15) is 26.3 Å². The number of piperidine rings is 1. The van der Waals surface area contributed by atoms with Crippen LogP contribution in [-0.2, 0) is 20.9 Å². The number of alkyl halides is 6. The van der Waals surface area contributed by atoms with E-state index in [1.54, 1.807) is 0 Å². The third-order valence-electron chi connectivity index (χ3n) is 5.81. The Kier molecular flexibility index (Phi) is 11.5. The fourth-order valence-corrected chi connectivity index (χ4v) is 4.20. The van der Waals surface area contributed by atoms with Gasteiger partial charge in [0.15, 0.2) is 0 Å². The molecule has 4 rings (SSSR count). The van der Waals surface area contributed by atoms with Gasteiger partial charge in [0, 0.05) is 50.2 Å². The van der Waals surface area contributed by atoms with Gasteiger partial charge in [-0.3, -0.25) is 14.9 Å². The van der Waals surface area contributed by atoms with Gasteiger partial charge in [0.25, 0.3) is 0 Å². The number of likely N-dealkylation sites (tertiary alicyclic amines) is 1. The van der Waals surface area contributed by atoms with E-state index in [0.717, 1.165) is 45.9 Å². The monoisotopic (exact) mass is 566 g/mol. The molecular formula is C24H28F6N4O5. The zero-order chi connectivity index (χ0) is 29.1. The lowest BCUT2D eigenvalue weighted by molar-refractivity contribution is -0.193. The number of halogens is 6. The van der Waals surface area contributed by atoms with Crippen molar-refractivity contribution in [3.05, 3.63) is 54.6 Å². The fraction of sp³-hybridized carbons (Fsp3) is 0.500. The molecule has 39 heavy (non-hydrogen) atoms. The molecule has 4 heterocycles. The van der Waals surface area contributed by atoms with Gasteiger partial charge >= 0.3 is 24.3 Å². The molecule has 216 valence electrons. The van der Waals surface area contributed by atoms with Gasteiger partial charge in [-0.25, -0.2) is 9.59 Å². The van der Waals surface area contributed by atoms with E-state index in [0.29, 0.717) is 0 Å². The van der Waals surface area contributed by atoms with Crippen LogP contribution in [0.4, 0.5) is 32.0 Å². The molecule has 0 saturated carbocycles. The van der Waals surface area contributed by atoms with Gasteiger partial charge in [0.1, 0.15) is 0 Å². The molecule has 2 N–H and O–H groups in total. The Morgan fingerprint density at radius 3 is 2.03 bits per heavy atom. The number of carbonyl (C=O) groups is 2. The molecule has 2 aliphatic heterocycles. The lowest BCUT2D eigenvalue weighted by atomic mass is 9.80. The summed E-state index contributed by atoms with van der Waals surface area (Å²) in [7, 11) is 0. The SMILES string of the molecule is O=C(O)C(F)(F)F.O=C(O)C(F)(F)F.c1cncc(CN2CCCC3(COCCN(c4cccnc4)C3)C2)c1. The van der Waals surface area contributed by atoms with Gasteiger partial charge in [-0.2, -0.15) is 26.3 Å². The summed E-state index contributed by atoms with van der Waals surface area (Å²) >= 11 is 0. The van der Waals surface area contributed by atoms with Crippen molar-refractivity contribution >= 4 is 17.6 Å². The second kappa shape index (κ2) is 14.1. The van der Waals surface area contributed by atoms with Crippen molar-refractivity contribution in [3.63, 3.8) is 0 Å². The molecule has 2 aromatic heterocycles. The molecule has 1 spiro atoms. The summed E-state index contributed by atoms with van der Waals surface area (Å²) in [6.07, 6.45) is -0.0875. The van der Waals surface area contributed by atoms with Crippen LogP contribution < -0.4 is 4.90 Å². The number of pyridine rings is 2. The molecule has 2 aromatic rings. The summed E-state index contributed by atoms with van der Waals surface area (Å²) in [5.74, 6) is -5.51. The predicted octanol–water partition coefficient (Wildman–Crippen LogP) is 3.86. The van der Waals surface area contributed by atoms with E-state index < -0.39 is 24.3 Å². The second-order valence-electron chi connectivity index (χ2n) is 8.97. The van der Waals surface area contributed by atoms with E-state index in [2.05, 4.69) is 31.9 Å². The Morgan fingerprint density at radius 2 is 1.51 bits per heavy atom. The average Bonchev–Trinajstić information content (AvgIpc) is 3.07. The molecule has 15 heteroatoms. The second-order valence-corrected chi connectivity index (χ2v) is 8.97. The van der Waals surface area contributed by atoms with E-state index in [4.69, 9.17) is 24.5 Å². The molecule has 0 aromatic carbocycles. The van der Waals surface area contributed by atoms with Gasteiger partial charge in [0.2, 0.25) is 0 Å². The maximum atomic E-state index is 10.6. The number of carboxylic acids is 2. The first-order valence-corrected chi connectivity index (χ1v) is 11.7. The van der Waals surface area contributed by atoms with Crippen LogP contribution >= 0.6 is 0 Å². The average molecular weight is 566 g/mol. The standard InChI is InChI=1S/C20H26N4O.2C2HF3O2/c1-4-18(12-21-7-1)14-23-9-3-6-20(15-23)16-24(10-11-25-17-20)19-5-2-8-22-13-19;2*3-2(4,5)1(6)7/h1-2,4-5,7-8,12-13H,3,6,9-11,14-17H2;2*(H,6,7). The molecule has 0 amide bonds. The van der Waals surface area contributed by atoms with Crippen LogP contribution in [0.2, 0.25) is 0 Å². The quantitative estimate of drug-likeness (QED) is 0.535. The Balaban J connectivity index is 0.000000317. The molecule has 9 nitrogen and oxygen atoms in total. The third kappa shape index (κ3) is 11.0. The lowest BCUT2D eigenvalue weighted by Gasteiger charge is -2.44. The highest BCUT2D eigenvalue weighted by atomic mass is 19.4. The number of carboxylic acid groups (broad SMARTS) is 2. The normalized spacial score (nSPS) is 20.1. The zero-order valence-corrected chi connectivity index (χ0v) is 20.7. The zero-order valence-electron chi connectivity index (χ0n) is 20.7. The molecule has 2 saturated heterocycles. The number of ether oxygens (including phenoxy) is 1. The Bertz CT molecular complexity index is 1020. The number of aromatic nitrogens is 2. The molecule has 0 radical (unpaired) electrons. The summed E-state index contributed by atoms with van der Waals surface area (Å²) in [5.41, 5.74) is 2.70. The number of rotatable bonds is 3. The van der Waals surface area contributed by atoms with Crippen molar-refractivity contribution in [2.75, 3.05) is 44.3 Å². The van der Waals surface area contributed by atoms with E-state index in [1.807, 2.05) is 36.9 Å². The van der Waals surface area contributed by atoms with Gasteiger partial charge in [0.05, 0.1) is 25.1 Å². The van der Waals surface area contributed by atoms with Crippen LogP contribution in [-0.4, -0.2) is 88.8 Å². The van der Waals surface area contributed by atoms with Crippen LogP contribution in [0.3, 0.4) is 0 Å². The topological polar surface area (TPSA) is 116 Å². The summed E-state index contributed by atoms with van der Waals surface area (Å²) < 4.78 is 69.5. The van der Waals surface area contributed by atoms with Gasteiger partial charge in [-0.05, 0) is 43.1 Å². The minimum Gasteiger partial charge on any atom is -0.475 e. The Morgan fingerprint density at radius 1 is 0.923 bits per heavy atom. The molecule has 2 fully saturated rings. The maximum Gasteiger partial charge on any atom is 0.490 e. The molecular weight excluding hydrogens is 538 g/mol. The van der Waals surface area contributed by atoms with Crippen molar-refractivity contribution in [2.45, 2.75) is 31.7 Å². The number of aliphatic carboxylic acids is 2. The van der Waals surface area contributed by atoms with E-state index in [-0.39, 0.29) is 5.41 Å². The van der Waals surface area contributed by atoms with Crippen LogP contribution in [0.1, 0.15) is 18.4 Å². The first-order valence-electron chi connectivity index (χ1n) is 11.7. The highest BCUT2D eigenvalue weighted by Crippen LogP contribution is 2.35. The highest BCUT2D eigenvalue weighted by molar-refractivity contribution is 5.73. The number of anilines is 1. The smallest absolute Gasteiger partial charge is 0.475 e. The highest BCUT2D eigenvalue weighted by Gasteiger charge is 2.40. The summed E-state index contributed by atoms with van der Waals surface area (Å²) in [4.78, 5) is 31.4. The first kappa shape index (κ1) is 31.8. The van der Waals surface area contributed by atoms with Crippen molar-refractivity contribution in [2.24, 2.45) is 5.41 Å². The van der Waals surface area contributed by atoms with E-state index >= 15 is 0 Å². The van der Waals surface area contributed by atoms with Crippen molar-refractivity contribution < 1.29 is 50.9 Å². The summed E-state index contributed by atoms with van der Waals surface area (Å²) in [6.45, 7) is 6.84. The molecule has 0 aliphatic carbocycles. The van der Waals surface area contributed by atoms with E-state index in [1.165, 1.54) is 24.1 Å². The van der Waals surface area contributed by atoms with Crippen molar-refractivity contribution in [3.8, 4) is 0 Å². The van der Waals surface area contributed by atoms with Gasteiger partial charge in [-0.1, -0.05) is 6.07 Å². The first-order chi connectivity index (χ1) is 18.2. The molecule has 1 atom stereocenters. The predicted molar refractivity (Wildman–Crippen MR) is 126 cm³/mol.